The van der Waals surface area contributed by atoms with Crippen molar-refractivity contribution >= 4 is 11.9 Å². The summed E-state index contributed by atoms with van der Waals surface area (Å²) in [5, 5.41) is 9.15. The van der Waals surface area contributed by atoms with Gasteiger partial charge in [0.1, 0.15) is 5.54 Å². The molecule has 1 amide bonds. The molecule has 0 aromatic heterocycles. The second-order valence-corrected chi connectivity index (χ2v) is 5.18. The van der Waals surface area contributed by atoms with Crippen molar-refractivity contribution in [3.05, 3.63) is 0 Å². The molecule has 1 atom stereocenters. The summed E-state index contributed by atoms with van der Waals surface area (Å²) in [6.07, 6.45) is 3.26. The Hall–Kier alpha value is -1.10. The van der Waals surface area contributed by atoms with Crippen LogP contribution in [0.5, 0.6) is 0 Å². The Kier molecular flexibility index (Phi) is 5.14. The van der Waals surface area contributed by atoms with Crippen molar-refractivity contribution in [2.75, 3.05) is 13.2 Å². The number of amides is 1. The minimum atomic E-state index is -1.15. The Labute approximate surface area is 108 Å². The number of carboxylic acids is 1. The molecule has 0 spiro atoms. The van der Waals surface area contributed by atoms with Gasteiger partial charge in [0.15, 0.2) is 0 Å². The molecule has 18 heavy (non-hydrogen) atoms. The molecule has 0 radical (unpaired) electrons. The zero-order chi connectivity index (χ0) is 13.8. The molecule has 1 saturated heterocycles. The topological polar surface area (TPSA) is 66.8 Å². The molecule has 1 heterocycles. The third kappa shape index (κ3) is 3.45. The number of rotatable bonds is 6. The fourth-order valence-electron chi connectivity index (χ4n) is 2.29. The van der Waals surface area contributed by atoms with Crippen LogP contribution in [-0.4, -0.2) is 46.7 Å². The van der Waals surface area contributed by atoms with E-state index in [4.69, 9.17) is 9.84 Å². The fraction of sp³-hybridized carbons (Fsp3) is 0.846. The maximum absolute atomic E-state index is 12.1. The lowest BCUT2D eigenvalue weighted by molar-refractivity contribution is -0.156. The number of hydrogen-bond acceptors (Lipinski definition) is 3. The summed E-state index contributed by atoms with van der Waals surface area (Å²) in [5.41, 5.74) is -1.15. The molecule has 5 heteroatoms. The van der Waals surface area contributed by atoms with E-state index >= 15 is 0 Å². The normalized spacial score (nSPS) is 19.8. The molecule has 1 aliphatic heterocycles. The third-order valence-electron chi connectivity index (χ3n) is 3.52. The Balaban J connectivity index is 2.53. The average molecular weight is 257 g/mol. The van der Waals surface area contributed by atoms with Gasteiger partial charge in [-0.25, -0.2) is 4.79 Å². The highest BCUT2D eigenvalue weighted by atomic mass is 16.5. The van der Waals surface area contributed by atoms with E-state index in [0.717, 1.165) is 19.4 Å². The lowest BCUT2D eigenvalue weighted by Crippen LogP contribution is -2.53. The van der Waals surface area contributed by atoms with Crippen LogP contribution in [0.4, 0.5) is 0 Å². The highest BCUT2D eigenvalue weighted by Crippen LogP contribution is 2.20. The van der Waals surface area contributed by atoms with E-state index in [-0.39, 0.29) is 12.0 Å². The predicted molar refractivity (Wildman–Crippen MR) is 67.3 cm³/mol. The van der Waals surface area contributed by atoms with Gasteiger partial charge >= 0.3 is 5.97 Å². The highest BCUT2D eigenvalue weighted by molar-refractivity contribution is 5.86. The molecule has 0 saturated carbocycles. The van der Waals surface area contributed by atoms with E-state index < -0.39 is 11.5 Å². The molecule has 1 aliphatic rings. The highest BCUT2D eigenvalue weighted by Gasteiger charge is 2.36. The largest absolute Gasteiger partial charge is 0.480 e. The van der Waals surface area contributed by atoms with Gasteiger partial charge in [-0.15, -0.1) is 0 Å². The maximum atomic E-state index is 12.1. The molecule has 0 bridgehead atoms. The van der Waals surface area contributed by atoms with Crippen LogP contribution in [0.2, 0.25) is 0 Å². The van der Waals surface area contributed by atoms with Gasteiger partial charge in [-0.2, -0.15) is 0 Å². The van der Waals surface area contributed by atoms with Gasteiger partial charge in [-0.3, -0.25) is 4.79 Å². The van der Waals surface area contributed by atoms with Gasteiger partial charge in [0, 0.05) is 19.6 Å². The predicted octanol–water partition coefficient (Wildman–Crippen LogP) is 1.66. The summed E-state index contributed by atoms with van der Waals surface area (Å²) in [6, 6.07) is 0. The first kappa shape index (κ1) is 15.0. The second kappa shape index (κ2) is 6.18. The number of likely N-dealkylation sites (N-methyl/N-ethyl adjacent to an activating group) is 1. The molecule has 104 valence electrons. The van der Waals surface area contributed by atoms with Gasteiger partial charge in [0.05, 0.1) is 6.10 Å². The summed E-state index contributed by atoms with van der Waals surface area (Å²) in [6.45, 7) is 6.10. The van der Waals surface area contributed by atoms with Crippen molar-refractivity contribution in [3.8, 4) is 0 Å². The van der Waals surface area contributed by atoms with E-state index in [9.17, 15) is 9.59 Å². The fourth-order valence-corrected chi connectivity index (χ4v) is 2.29. The molecule has 1 unspecified atom stereocenters. The number of carboxylic acid groups (broad SMARTS) is 1. The SMILES string of the molecule is CCN(C(=O)CCC1CCCO1)C(C)(C)C(=O)O. The number of hydrogen-bond donors (Lipinski definition) is 1. The number of aliphatic carboxylic acids is 1. The molecule has 5 nitrogen and oxygen atoms in total. The molecule has 0 aliphatic carbocycles. The van der Waals surface area contributed by atoms with E-state index in [1.165, 1.54) is 4.90 Å². The summed E-state index contributed by atoms with van der Waals surface area (Å²) in [4.78, 5) is 24.7. The summed E-state index contributed by atoms with van der Waals surface area (Å²) >= 11 is 0. The Morgan fingerprint density at radius 2 is 2.11 bits per heavy atom. The van der Waals surface area contributed by atoms with E-state index in [2.05, 4.69) is 0 Å². The molecule has 0 aromatic rings. The van der Waals surface area contributed by atoms with Crippen LogP contribution in [0.15, 0.2) is 0 Å². The molecule has 0 aromatic carbocycles. The van der Waals surface area contributed by atoms with Crippen LogP contribution in [-0.2, 0) is 14.3 Å². The third-order valence-corrected chi connectivity index (χ3v) is 3.52. The quantitative estimate of drug-likeness (QED) is 0.785. The lowest BCUT2D eigenvalue weighted by atomic mass is 10.0. The number of ether oxygens (including phenoxy) is 1. The minimum absolute atomic E-state index is 0.111. The van der Waals surface area contributed by atoms with Crippen molar-refractivity contribution < 1.29 is 19.4 Å². The van der Waals surface area contributed by atoms with E-state index in [1.54, 1.807) is 20.8 Å². The first-order valence-electron chi connectivity index (χ1n) is 6.55. The number of carbonyl (C=O) groups is 2. The second-order valence-electron chi connectivity index (χ2n) is 5.18. The van der Waals surface area contributed by atoms with Crippen LogP contribution >= 0.6 is 0 Å². The van der Waals surface area contributed by atoms with Crippen LogP contribution in [0.1, 0.15) is 46.5 Å². The average Bonchev–Trinajstić information content (AvgIpc) is 2.79. The Morgan fingerprint density at radius 1 is 1.44 bits per heavy atom. The smallest absolute Gasteiger partial charge is 0.329 e. The minimum Gasteiger partial charge on any atom is -0.480 e. The first-order chi connectivity index (χ1) is 8.39. The molecule has 1 rings (SSSR count). The van der Waals surface area contributed by atoms with Crippen LogP contribution in [0.25, 0.3) is 0 Å². The van der Waals surface area contributed by atoms with E-state index in [1.807, 2.05) is 0 Å². The molecule has 1 fully saturated rings. The van der Waals surface area contributed by atoms with Gasteiger partial charge < -0.3 is 14.7 Å². The monoisotopic (exact) mass is 257 g/mol. The zero-order valence-corrected chi connectivity index (χ0v) is 11.4. The van der Waals surface area contributed by atoms with Gasteiger partial charge in [0.2, 0.25) is 5.91 Å². The number of nitrogens with zero attached hydrogens (tertiary/aromatic N) is 1. The summed E-state index contributed by atoms with van der Waals surface area (Å²) < 4.78 is 5.46. The van der Waals surface area contributed by atoms with Gasteiger partial charge in [0.25, 0.3) is 0 Å². The van der Waals surface area contributed by atoms with E-state index in [0.29, 0.717) is 19.4 Å². The van der Waals surface area contributed by atoms with Crippen molar-refractivity contribution in [2.45, 2.75) is 58.1 Å². The maximum Gasteiger partial charge on any atom is 0.329 e. The molecular formula is C13H23NO4. The zero-order valence-electron chi connectivity index (χ0n) is 11.4. The first-order valence-corrected chi connectivity index (χ1v) is 6.55. The lowest BCUT2D eigenvalue weighted by Gasteiger charge is -2.34. The Morgan fingerprint density at radius 3 is 2.56 bits per heavy atom. The van der Waals surface area contributed by atoms with Crippen molar-refractivity contribution in [1.29, 1.82) is 0 Å². The standard InChI is InChI=1S/C13H23NO4/c1-4-14(13(2,3)12(16)17)11(15)8-7-10-6-5-9-18-10/h10H,4-9H2,1-3H3,(H,16,17). The number of carbonyl (C=O) groups excluding carboxylic acids is 1. The molecule has 1 N–H and O–H groups in total. The summed E-state index contributed by atoms with van der Waals surface area (Å²) in [7, 11) is 0. The van der Waals surface area contributed by atoms with Crippen molar-refractivity contribution in [2.24, 2.45) is 0 Å². The van der Waals surface area contributed by atoms with Crippen LogP contribution in [0.3, 0.4) is 0 Å². The summed E-state index contributed by atoms with van der Waals surface area (Å²) in [5.74, 6) is -1.09. The van der Waals surface area contributed by atoms with Crippen LogP contribution in [0, 0.1) is 0 Å². The van der Waals surface area contributed by atoms with Crippen molar-refractivity contribution in [3.63, 3.8) is 0 Å². The van der Waals surface area contributed by atoms with Crippen LogP contribution < -0.4 is 0 Å². The van der Waals surface area contributed by atoms with Gasteiger partial charge in [-0.05, 0) is 40.0 Å². The molecular weight excluding hydrogens is 234 g/mol. The van der Waals surface area contributed by atoms with Gasteiger partial charge in [-0.1, -0.05) is 0 Å². The van der Waals surface area contributed by atoms with Crippen molar-refractivity contribution in [1.82, 2.24) is 4.90 Å². The Bertz CT molecular complexity index is 308.